The number of aryl methyl sites for hydroxylation is 2. The highest BCUT2D eigenvalue weighted by Crippen LogP contribution is 2.24. The maximum absolute atomic E-state index is 12.0. The Hall–Kier alpha value is -1.69. The lowest BCUT2D eigenvalue weighted by atomic mass is 10.0. The first-order valence-electron chi connectivity index (χ1n) is 6.90. The molecular weight excluding hydrogens is 258 g/mol. The van der Waals surface area contributed by atoms with Crippen LogP contribution < -0.4 is 11.0 Å². The molecule has 0 spiro atoms. The van der Waals surface area contributed by atoms with Crippen molar-refractivity contribution in [2.45, 2.75) is 45.8 Å². The summed E-state index contributed by atoms with van der Waals surface area (Å²) in [5.74, 6) is -0.110. The molecule has 1 fully saturated rings. The predicted molar refractivity (Wildman–Crippen MR) is 74.6 cm³/mol. The third-order valence-corrected chi connectivity index (χ3v) is 3.67. The summed E-state index contributed by atoms with van der Waals surface area (Å²) in [4.78, 5) is 27.7. The fourth-order valence-corrected chi connectivity index (χ4v) is 2.47. The second-order valence-corrected chi connectivity index (χ2v) is 5.41. The number of carbonyl (C=O) groups is 1. The van der Waals surface area contributed by atoms with Gasteiger partial charge < -0.3 is 10.1 Å². The first-order chi connectivity index (χ1) is 9.42. The quantitative estimate of drug-likeness (QED) is 0.873. The Bertz CT molecular complexity index is 559. The van der Waals surface area contributed by atoms with Gasteiger partial charge in [-0.2, -0.15) is 4.98 Å². The van der Waals surface area contributed by atoms with Crippen LogP contribution >= 0.6 is 0 Å². The molecule has 1 aliphatic heterocycles. The number of hydrogen-bond donors (Lipinski definition) is 1. The molecule has 0 saturated carbocycles. The van der Waals surface area contributed by atoms with Crippen molar-refractivity contribution >= 4 is 5.91 Å². The first kappa shape index (κ1) is 14.7. The van der Waals surface area contributed by atoms with Crippen LogP contribution in [0.4, 0.5) is 0 Å². The third kappa shape index (κ3) is 3.07. The number of carbonyl (C=O) groups excluding carboxylic acids is 1. The van der Waals surface area contributed by atoms with Crippen molar-refractivity contribution in [3.05, 3.63) is 27.9 Å². The molecule has 20 heavy (non-hydrogen) atoms. The summed E-state index contributed by atoms with van der Waals surface area (Å²) >= 11 is 0. The van der Waals surface area contributed by atoms with Gasteiger partial charge in [-0.05, 0) is 39.7 Å². The number of rotatable bonds is 4. The van der Waals surface area contributed by atoms with Crippen LogP contribution in [0, 0.1) is 13.8 Å². The van der Waals surface area contributed by atoms with Gasteiger partial charge in [-0.15, -0.1) is 0 Å². The standard InChI is InChI=1S/C14H21N3O3/c1-10-9-11(2)17(13(19)16-10)7-6-15-12(18)14(3)5-4-8-20-14/h9H,4-8H2,1-3H3,(H,15,18). The Morgan fingerprint density at radius 1 is 1.55 bits per heavy atom. The molecule has 6 heteroatoms. The summed E-state index contributed by atoms with van der Waals surface area (Å²) in [6.45, 7) is 6.89. The lowest BCUT2D eigenvalue weighted by Crippen LogP contribution is -2.45. The van der Waals surface area contributed by atoms with E-state index in [-0.39, 0.29) is 11.6 Å². The predicted octanol–water partition coefficient (Wildman–Crippen LogP) is 0.545. The number of hydrogen-bond acceptors (Lipinski definition) is 4. The highest BCUT2D eigenvalue weighted by atomic mass is 16.5. The first-order valence-corrected chi connectivity index (χ1v) is 6.90. The number of amides is 1. The minimum atomic E-state index is -0.717. The molecule has 1 N–H and O–H groups in total. The largest absolute Gasteiger partial charge is 0.365 e. The monoisotopic (exact) mass is 279 g/mol. The van der Waals surface area contributed by atoms with E-state index >= 15 is 0 Å². The van der Waals surface area contributed by atoms with Crippen molar-refractivity contribution in [2.24, 2.45) is 0 Å². The molecule has 6 nitrogen and oxygen atoms in total. The molecule has 1 atom stereocenters. The molecule has 0 aromatic carbocycles. The van der Waals surface area contributed by atoms with Crippen molar-refractivity contribution in [2.75, 3.05) is 13.2 Å². The van der Waals surface area contributed by atoms with E-state index in [1.165, 1.54) is 0 Å². The average Bonchev–Trinajstić information content (AvgIpc) is 2.80. The van der Waals surface area contributed by atoms with Gasteiger partial charge in [-0.1, -0.05) is 0 Å². The highest BCUT2D eigenvalue weighted by molar-refractivity contribution is 5.84. The van der Waals surface area contributed by atoms with Crippen LogP contribution in [-0.2, 0) is 16.1 Å². The molecule has 1 aromatic rings. The van der Waals surface area contributed by atoms with Crippen molar-refractivity contribution in [3.8, 4) is 0 Å². The van der Waals surface area contributed by atoms with E-state index in [9.17, 15) is 9.59 Å². The van der Waals surface area contributed by atoms with Gasteiger partial charge in [0.2, 0.25) is 0 Å². The van der Waals surface area contributed by atoms with E-state index in [1.54, 1.807) is 18.4 Å². The second kappa shape index (κ2) is 5.75. The summed E-state index contributed by atoms with van der Waals surface area (Å²) in [5.41, 5.74) is 0.561. The van der Waals surface area contributed by atoms with E-state index in [4.69, 9.17) is 4.74 Å². The summed E-state index contributed by atoms with van der Waals surface area (Å²) < 4.78 is 7.04. The van der Waals surface area contributed by atoms with E-state index < -0.39 is 5.60 Å². The lowest BCUT2D eigenvalue weighted by molar-refractivity contribution is -0.139. The maximum atomic E-state index is 12.0. The molecule has 1 amide bonds. The fraction of sp³-hybridized carbons (Fsp3) is 0.643. The third-order valence-electron chi connectivity index (χ3n) is 3.67. The zero-order chi connectivity index (χ0) is 14.8. The molecule has 1 saturated heterocycles. The zero-order valence-electron chi connectivity index (χ0n) is 12.2. The lowest BCUT2D eigenvalue weighted by Gasteiger charge is -2.22. The maximum Gasteiger partial charge on any atom is 0.348 e. The van der Waals surface area contributed by atoms with Gasteiger partial charge in [0.1, 0.15) is 5.60 Å². The zero-order valence-corrected chi connectivity index (χ0v) is 12.2. The summed E-state index contributed by atoms with van der Waals surface area (Å²) in [7, 11) is 0. The van der Waals surface area contributed by atoms with Gasteiger partial charge in [0, 0.05) is 31.1 Å². The Kier molecular flexibility index (Phi) is 4.23. The van der Waals surface area contributed by atoms with Crippen LogP contribution in [0.3, 0.4) is 0 Å². The van der Waals surface area contributed by atoms with Gasteiger partial charge in [0.05, 0.1) is 0 Å². The normalized spacial score (nSPS) is 21.9. The van der Waals surface area contributed by atoms with E-state index in [0.29, 0.717) is 25.4 Å². The number of nitrogens with one attached hydrogen (secondary N) is 1. The van der Waals surface area contributed by atoms with E-state index in [1.807, 2.05) is 13.0 Å². The summed E-state index contributed by atoms with van der Waals surface area (Å²) in [6, 6.07) is 1.85. The molecule has 0 bridgehead atoms. The molecule has 1 aliphatic rings. The summed E-state index contributed by atoms with van der Waals surface area (Å²) in [6.07, 6.45) is 1.65. The molecule has 2 heterocycles. The van der Waals surface area contributed by atoms with Crippen LogP contribution in [-0.4, -0.2) is 34.2 Å². The van der Waals surface area contributed by atoms with Crippen molar-refractivity contribution in [1.82, 2.24) is 14.9 Å². The van der Waals surface area contributed by atoms with Gasteiger partial charge in [-0.3, -0.25) is 9.36 Å². The average molecular weight is 279 g/mol. The van der Waals surface area contributed by atoms with Gasteiger partial charge >= 0.3 is 5.69 Å². The smallest absolute Gasteiger partial charge is 0.348 e. The van der Waals surface area contributed by atoms with Gasteiger partial charge in [0.25, 0.3) is 5.91 Å². The Labute approximate surface area is 118 Å². The Balaban J connectivity index is 1.94. The van der Waals surface area contributed by atoms with Crippen LogP contribution in [0.25, 0.3) is 0 Å². The van der Waals surface area contributed by atoms with Crippen LogP contribution in [0.15, 0.2) is 10.9 Å². The molecule has 1 unspecified atom stereocenters. The van der Waals surface area contributed by atoms with Crippen LogP contribution in [0.2, 0.25) is 0 Å². The second-order valence-electron chi connectivity index (χ2n) is 5.41. The number of nitrogens with zero attached hydrogens (tertiary/aromatic N) is 2. The molecule has 0 radical (unpaired) electrons. The molecule has 2 rings (SSSR count). The van der Waals surface area contributed by atoms with Gasteiger partial charge in [0.15, 0.2) is 0 Å². The van der Waals surface area contributed by atoms with E-state index in [0.717, 1.165) is 18.5 Å². The van der Waals surface area contributed by atoms with Crippen LogP contribution in [0.5, 0.6) is 0 Å². The molecular formula is C14H21N3O3. The topological polar surface area (TPSA) is 73.2 Å². The number of ether oxygens (including phenoxy) is 1. The SMILES string of the molecule is Cc1cc(C)n(CCNC(=O)C2(C)CCCO2)c(=O)n1. The molecule has 0 aliphatic carbocycles. The Morgan fingerprint density at radius 2 is 2.30 bits per heavy atom. The fourth-order valence-electron chi connectivity index (χ4n) is 2.47. The molecule has 110 valence electrons. The van der Waals surface area contributed by atoms with E-state index in [2.05, 4.69) is 10.3 Å². The van der Waals surface area contributed by atoms with Crippen molar-refractivity contribution < 1.29 is 9.53 Å². The summed E-state index contributed by atoms with van der Waals surface area (Å²) in [5, 5.41) is 2.83. The molecule has 1 aromatic heterocycles. The minimum Gasteiger partial charge on any atom is -0.365 e. The minimum absolute atomic E-state index is 0.110. The van der Waals surface area contributed by atoms with Crippen LogP contribution in [0.1, 0.15) is 31.2 Å². The highest BCUT2D eigenvalue weighted by Gasteiger charge is 2.37. The van der Waals surface area contributed by atoms with Crippen molar-refractivity contribution in [1.29, 1.82) is 0 Å². The number of aromatic nitrogens is 2. The van der Waals surface area contributed by atoms with Crippen molar-refractivity contribution in [3.63, 3.8) is 0 Å². The van der Waals surface area contributed by atoms with Gasteiger partial charge in [-0.25, -0.2) is 4.79 Å². The Morgan fingerprint density at radius 3 is 2.90 bits per heavy atom.